The normalized spacial score (nSPS) is 13.1. The zero-order valence-corrected chi connectivity index (χ0v) is 44.7. The van der Waals surface area contributed by atoms with Crippen LogP contribution in [-0.2, 0) is 61.0 Å². The molecule has 21 nitrogen and oxygen atoms in total. The predicted octanol–water partition coefficient (Wildman–Crippen LogP) is 4.58. The summed E-state index contributed by atoms with van der Waals surface area (Å²) in [5.74, 6) is -10.9. The van der Waals surface area contributed by atoms with E-state index in [0.717, 1.165) is 23.8 Å². The molecule has 4 rings (SSSR count). The molecule has 0 fully saturated rings. The fraction of sp³-hybridized carbons (Fsp3) is 0.429. The van der Waals surface area contributed by atoms with E-state index >= 15 is 4.39 Å². The average Bonchev–Trinajstić information content (AvgIpc) is 3.84. The number of aliphatic hydroxyl groups excluding tert-OH is 1. The van der Waals surface area contributed by atoms with Crippen LogP contribution in [0.15, 0.2) is 91.1 Å². The van der Waals surface area contributed by atoms with E-state index < -0.39 is 145 Å². The molecule has 79 heavy (non-hydrogen) atoms. The van der Waals surface area contributed by atoms with Gasteiger partial charge in [-0.15, -0.1) is 0 Å². The first-order chi connectivity index (χ1) is 37.4. The second-order valence-corrected chi connectivity index (χ2v) is 20.0. The predicted molar refractivity (Wildman–Crippen MR) is 282 cm³/mol. The number of nitrogens with zero attached hydrogens (tertiary/aromatic N) is 2. The number of rotatable bonds is 31. The Morgan fingerprint density at radius 3 is 1.99 bits per heavy atom. The summed E-state index contributed by atoms with van der Waals surface area (Å²) < 4.78 is 36.9. The van der Waals surface area contributed by atoms with Crippen LogP contribution < -0.4 is 26.6 Å². The maximum atomic E-state index is 15.4. The van der Waals surface area contributed by atoms with Crippen LogP contribution >= 0.6 is 0 Å². The number of benzene rings is 3. The van der Waals surface area contributed by atoms with Gasteiger partial charge in [-0.25, -0.2) is 13.6 Å². The Morgan fingerprint density at radius 1 is 0.722 bits per heavy atom. The highest BCUT2D eigenvalue weighted by Gasteiger charge is 2.39. The zero-order chi connectivity index (χ0) is 58.4. The smallest absolute Gasteiger partial charge is 0.408 e. The lowest BCUT2D eigenvalue weighted by Crippen LogP contribution is -2.56. The van der Waals surface area contributed by atoms with E-state index in [2.05, 4.69) is 26.6 Å². The molecule has 0 aliphatic carbocycles. The molecule has 426 valence electrons. The van der Waals surface area contributed by atoms with E-state index in [9.17, 15) is 62.5 Å². The summed E-state index contributed by atoms with van der Waals surface area (Å²) in [6.45, 7) is 6.18. The Balaban J connectivity index is 1.61. The molecule has 1 aromatic heterocycles. The maximum Gasteiger partial charge on any atom is 0.408 e. The molecule has 3 aromatic carbocycles. The van der Waals surface area contributed by atoms with Crippen LogP contribution in [0.25, 0.3) is 11.1 Å². The van der Waals surface area contributed by atoms with Gasteiger partial charge in [0, 0.05) is 67.8 Å². The first-order valence-corrected chi connectivity index (χ1v) is 25.6. The molecule has 0 aliphatic rings. The highest BCUT2D eigenvalue weighted by atomic mass is 19.1. The molecule has 8 N–H and O–H groups in total. The third kappa shape index (κ3) is 20.9. The number of hydrogen-bond acceptors (Lipinski definition) is 12. The first-order valence-electron chi connectivity index (χ1n) is 25.6. The van der Waals surface area contributed by atoms with E-state index in [1.807, 2.05) is 30.3 Å². The van der Waals surface area contributed by atoms with Gasteiger partial charge in [-0.3, -0.25) is 43.2 Å². The minimum Gasteiger partial charge on any atom is -0.481 e. The van der Waals surface area contributed by atoms with Crippen molar-refractivity contribution >= 4 is 59.1 Å². The van der Waals surface area contributed by atoms with Crippen molar-refractivity contribution in [1.82, 2.24) is 36.1 Å². The second kappa shape index (κ2) is 30.6. The van der Waals surface area contributed by atoms with E-state index in [0.29, 0.717) is 11.3 Å². The number of ether oxygens (including phenoxy) is 1. The summed E-state index contributed by atoms with van der Waals surface area (Å²) >= 11 is 0. The van der Waals surface area contributed by atoms with Crippen molar-refractivity contribution in [1.29, 1.82) is 0 Å². The molecule has 0 saturated heterocycles. The van der Waals surface area contributed by atoms with Crippen molar-refractivity contribution in [3.8, 4) is 11.1 Å². The highest BCUT2D eigenvalue weighted by molar-refractivity contribution is 5.96. The van der Waals surface area contributed by atoms with Gasteiger partial charge in [0.2, 0.25) is 29.5 Å². The topological polar surface area (TPSA) is 309 Å². The van der Waals surface area contributed by atoms with Crippen LogP contribution in [0.2, 0.25) is 0 Å². The van der Waals surface area contributed by atoms with Gasteiger partial charge >= 0.3 is 18.0 Å². The van der Waals surface area contributed by atoms with Gasteiger partial charge in [-0.1, -0.05) is 88.4 Å². The lowest BCUT2D eigenvalue weighted by molar-refractivity contribution is -0.142. The summed E-state index contributed by atoms with van der Waals surface area (Å²) in [5.41, 5.74) is 1.18. The van der Waals surface area contributed by atoms with E-state index in [1.165, 1.54) is 18.7 Å². The summed E-state index contributed by atoms with van der Waals surface area (Å²) in [7, 11) is 0. The van der Waals surface area contributed by atoms with Gasteiger partial charge in [-0.2, -0.15) is 0 Å². The third-order valence-electron chi connectivity index (χ3n) is 12.5. The number of carbonyl (C=O) groups is 10. The Hall–Kier alpha value is -8.34. The number of carbonyl (C=O) groups excluding carboxylic acids is 8. The standard InChI is InChI=1S/C56H69F2N7O14/c1-34(25-46(68)35(2)61-55(78)79-33-37-15-10-7-11-16-37)52(75)63-44(28-50(73)74)54(77)62-43(53(76)59-23-12-17-40(67)29-60-47(69)20-21-49(71)72)22-24-65(48(70)32-66)51(56(3,4)5)45-26-38(41-27-39(57)18-19-42(41)58)31-64(45)30-36-13-8-6-9-14-36/h6-11,13-16,18-19,26-27,31,34-35,43-44,51,66H,12,17,20-25,28-30,32-33H2,1-5H3,(H,59,76)(H,60,69)(H,61,78)(H,62,77)(H,63,75)(H,71,72)(H,73,74)/t34-,35+,43+,44+,51+/m1/s1. The molecule has 0 unspecified atom stereocenters. The number of amides is 6. The van der Waals surface area contributed by atoms with Crippen molar-refractivity contribution in [2.75, 3.05) is 26.2 Å². The number of hydrogen-bond donors (Lipinski definition) is 8. The van der Waals surface area contributed by atoms with Gasteiger partial charge in [0.25, 0.3) is 0 Å². The number of halogens is 2. The minimum absolute atomic E-state index is 0.0153. The van der Waals surface area contributed by atoms with Crippen LogP contribution in [0.1, 0.15) is 102 Å². The van der Waals surface area contributed by atoms with E-state index in [-0.39, 0.29) is 56.6 Å². The van der Waals surface area contributed by atoms with Gasteiger partial charge < -0.3 is 56.1 Å². The number of aliphatic hydroxyl groups is 1. The molecular weight excluding hydrogens is 1030 g/mol. The third-order valence-corrected chi connectivity index (χ3v) is 12.5. The molecule has 0 saturated carbocycles. The Morgan fingerprint density at radius 2 is 1.37 bits per heavy atom. The lowest BCUT2D eigenvalue weighted by Gasteiger charge is -2.41. The zero-order valence-electron chi connectivity index (χ0n) is 44.7. The lowest BCUT2D eigenvalue weighted by atomic mass is 9.82. The Labute approximate surface area is 455 Å². The number of aliphatic carboxylic acids is 2. The van der Waals surface area contributed by atoms with Crippen LogP contribution in [0, 0.1) is 23.0 Å². The summed E-state index contributed by atoms with van der Waals surface area (Å²) in [4.78, 5) is 130. The van der Waals surface area contributed by atoms with Crippen molar-refractivity contribution in [3.05, 3.63) is 120 Å². The van der Waals surface area contributed by atoms with Crippen LogP contribution in [-0.4, -0.2) is 128 Å². The number of carboxylic acids is 2. The fourth-order valence-electron chi connectivity index (χ4n) is 8.42. The summed E-state index contributed by atoms with van der Waals surface area (Å²) in [6, 6.07) is 16.9. The SMILES string of the molecule is C[C@H](CC(=O)[C@H](C)NC(=O)OCc1ccccc1)C(=O)N[C@@H](CC(=O)O)C(=O)N[C@@H](CCN(C(=O)CO)[C@@H](c1cc(-c2cc(F)ccc2F)cn1Cc1ccccc1)C(C)(C)C)C(=O)NCCCC(=O)CNC(=O)CCC(=O)O. The monoisotopic (exact) mass is 1100 g/mol. The van der Waals surface area contributed by atoms with Gasteiger partial charge in [0.1, 0.15) is 36.9 Å². The number of carboxylic acid groups (broad SMARTS) is 2. The molecule has 0 aliphatic heterocycles. The maximum absolute atomic E-state index is 15.4. The Kier molecular flexibility index (Phi) is 24.4. The van der Waals surface area contributed by atoms with Crippen LogP contribution in [0.3, 0.4) is 0 Å². The van der Waals surface area contributed by atoms with Crippen molar-refractivity contribution in [3.63, 3.8) is 0 Å². The average molecular weight is 1100 g/mol. The number of Topliss-reactive ketones (excluding diaryl/α,β-unsaturated/α-hetero) is 2. The minimum atomic E-state index is -1.84. The second-order valence-electron chi connectivity index (χ2n) is 20.0. The summed E-state index contributed by atoms with van der Waals surface area (Å²) in [5, 5.41) is 41.3. The quantitative estimate of drug-likeness (QED) is 0.0320. The van der Waals surface area contributed by atoms with Gasteiger partial charge in [0.15, 0.2) is 11.6 Å². The molecule has 1 heterocycles. The summed E-state index contributed by atoms with van der Waals surface area (Å²) in [6.07, 6.45) is -2.10. The van der Waals surface area contributed by atoms with Crippen LogP contribution in [0.4, 0.5) is 13.6 Å². The van der Waals surface area contributed by atoms with Gasteiger partial charge in [0.05, 0.1) is 31.5 Å². The molecule has 0 spiro atoms. The molecule has 23 heteroatoms. The highest BCUT2D eigenvalue weighted by Crippen LogP contribution is 2.41. The first kappa shape index (κ1) is 63.2. The fourth-order valence-corrected chi connectivity index (χ4v) is 8.42. The molecule has 4 aromatic rings. The van der Waals surface area contributed by atoms with Crippen LogP contribution in [0.5, 0.6) is 0 Å². The molecular formula is C56H69F2N7O14. The van der Waals surface area contributed by atoms with Crippen molar-refractivity contribution in [2.45, 2.75) is 117 Å². The number of alkyl carbamates (subject to hydrolysis) is 1. The van der Waals surface area contributed by atoms with Crippen molar-refractivity contribution < 1.29 is 76.8 Å². The molecule has 0 bridgehead atoms. The van der Waals surface area contributed by atoms with E-state index in [1.54, 1.807) is 67.9 Å². The largest absolute Gasteiger partial charge is 0.481 e. The number of nitrogens with one attached hydrogen (secondary N) is 5. The van der Waals surface area contributed by atoms with Gasteiger partial charge in [-0.05, 0) is 60.6 Å². The van der Waals surface area contributed by atoms with E-state index in [4.69, 9.17) is 9.84 Å². The molecule has 0 radical (unpaired) electrons. The number of aromatic nitrogens is 1. The number of ketones is 2. The van der Waals surface area contributed by atoms with Crippen molar-refractivity contribution in [2.24, 2.45) is 11.3 Å². The molecule has 6 amide bonds. The Bertz CT molecular complexity index is 2790. The molecule has 5 atom stereocenters.